The van der Waals surface area contributed by atoms with E-state index >= 15 is 0 Å². The van der Waals surface area contributed by atoms with Gasteiger partial charge in [0.1, 0.15) is 0 Å². The molecule has 2 atom stereocenters. The molecule has 1 aromatic heterocycles. The molecule has 1 saturated carbocycles. The molecule has 19 heavy (non-hydrogen) atoms. The Morgan fingerprint density at radius 2 is 2.16 bits per heavy atom. The Kier molecular flexibility index (Phi) is 4.24. The highest BCUT2D eigenvalue weighted by Gasteiger charge is 2.27. The molecule has 0 bridgehead atoms. The zero-order valence-corrected chi connectivity index (χ0v) is 10.5. The summed E-state index contributed by atoms with van der Waals surface area (Å²) in [7, 11) is 0. The summed E-state index contributed by atoms with van der Waals surface area (Å²) in [6.07, 6.45) is -0.922. The summed E-state index contributed by atoms with van der Waals surface area (Å²) in [4.78, 5) is 8.13. The second-order valence-electron chi connectivity index (χ2n) is 4.90. The van der Waals surface area contributed by atoms with E-state index in [0.29, 0.717) is 11.6 Å². The topological polar surface area (TPSA) is 63.8 Å². The fourth-order valence-corrected chi connectivity index (χ4v) is 2.20. The number of aromatic nitrogens is 2. The Morgan fingerprint density at radius 3 is 2.79 bits per heavy atom. The van der Waals surface area contributed by atoms with Crippen molar-refractivity contribution in [3.8, 4) is 0 Å². The zero-order chi connectivity index (χ0) is 13.9. The van der Waals surface area contributed by atoms with Crippen molar-refractivity contribution < 1.29 is 13.2 Å². The van der Waals surface area contributed by atoms with Crippen molar-refractivity contribution in [1.82, 2.24) is 9.97 Å². The highest BCUT2D eigenvalue weighted by molar-refractivity contribution is 5.27. The third-order valence-electron chi connectivity index (χ3n) is 3.18. The molecule has 0 aromatic carbocycles. The van der Waals surface area contributed by atoms with E-state index in [1.54, 1.807) is 0 Å². The van der Waals surface area contributed by atoms with E-state index in [9.17, 15) is 13.2 Å². The Hall–Kier alpha value is -1.37. The molecule has 1 aliphatic carbocycles. The van der Waals surface area contributed by atoms with Gasteiger partial charge in [0, 0.05) is 30.4 Å². The number of nitrogens with two attached hydrogens (primary N) is 1. The molecule has 0 amide bonds. The van der Waals surface area contributed by atoms with Gasteiger partial charge in [-0.25, -0.2) is 9.97 Å². The predicted molar refractivity (Wildman–Crippen MR) is 65.6 cm³/mol. The molecular formula is C12H17F3N4. The molecular weight excluding hydrogens is 257 g/mol. The Labute approximate surface area is 109 Å². The summed E-state index contributed by atoms with van der Waals surface area (Å²) >= 11 is 0. The van der Waals surface area contributed by atoms with Gasteiger partial charge in [-0.05, 0) is 31.7 Å². The molecule has 7 heteroatoms. The van der Waals surface area contributed by atoms with Gasteiger partial charge in [-0.2, -0.15) is 13.2 Å². The molecule has 1 aliphatic rings. The molecule has 106 valence electrons. The van der Waals surface area contributed by atoms with Crippen LogP contribution in [0.4, 0.5) is 19.1 Å². The number of hydrogen-bond donors (Lipinski definition) is 2. The van der Waals surface area contributed by atoms with Gasteiger partial charge in [-0.15, -0.1) is 0 Å². The van der Waals surface area contributed by atoms with Gasteiger partial charge < -0.3 is 11.1 Å². The van der Waals surface area contributed by atoms with E-state index in [1.807, 2.05) is 0 Å². The summed E-state index contributed by atoms with van der Waals surface area (Å²) < 4.78 is 36.4. The smallest absolute Gasteiger partial charge is 0.351 e. The lowest BCUT2D eigenvalue weighted by molar-refractivity contribution is -0.134. The van der Waals surface area contributed by atoms with Crippen LogP contribution in [0, 0.1) is 0 Å². The molecule has 0 radical (unpaired) electrons. The molecule has 4 nitrogen and oxygen atoms in total. The molecule has 1 aromatic rings. The van der Waals surface area contributed by atoms with Crippen molar-refractivity contribution in [3.05, 3.63) is 18.0 Å². The normalized spacial score (nSPS) is 23.6. The van der Waals surface area contributed by atoms with Crippen LogP contribution in [0.3, 0.4) is 0 Å². The standard InChI is InChI=1S/C12H17F3N4/c13-12(14,15)5-3-9-4-6-17-11(18-9)19-10-2-1-8(16)7-10/h4,6,8,10H,1-3,5,7,16H2,(H,17,18,19)/t8-,10-/m0/s1. The van der Waals surface area contributed by atoms with E-state index in [0.717, 1.165) is 19.3 Å². The van der Waals surface area contributed by atoms with Crippen LogP contribution in [-0.4, -0.2) is 28.2 Å². The van der Waals surface area contributed by atoms with Crippen molar-refractivity contribution in [2.24, 2.45) is 5.73 Å². The highest BCUT2D eigenvalue weighted by Crippen LogP contribution is 2.22. The molecule has 1 heterocycles. The summed E-state index contributed by atoms with van der Waals surface area (Å²) in [5.41, 5.74) is 6.20. The maximum absolute atomic E-state index is 12.1. The van der Waals surface area contributed by atoms with Crippen molar-refractivity contribution in [1.29, 1.82) is 0 Å². The van der Waals surface area contributed by atoms with E-state index in [-0.39, 0.29) is 18.5 Å². The van der Waals surface area contributed by atoms with Gasteiger partial charge in [0.15, 0.2) is 0 Å². The number of nitrogens with one attached hydrogen (secondary N) is 1. The fourth-order valence-electron chi connectivity index (χ4n) is 2.20. The second-order valence-corrected chi connectivity index (χ2v) is 4.90. The van der Waals surface area contributed by atoms with Crippen LogP contribution in [-0.2, 0) is 6.42 Å². The zero-order valence-electron chi connectivity index (χ0n) is 10.5. The third-order valence-corrected chi connectivity index (χ3v) is 3.18. The number of nitrogens with zero attached hydrogens (tertiary/aromatic N) is 2. The van der Waals surface area contributed by atoms with Gasteiger partial charge in [0.25, 0.3) is 0 Å². The van der Waals surface area contributed by atoms with Gasteiger partial charge >= 0.3 is 6.18 Å². The molecule has 2 rings (SSSR count). The first-order chi connectivity index (χ1) is 8.92. The Balaban J connectivity index is 1.91. The number of aryl methyl sites for hydroxylation is 1. The third kappa shape index (κ3) is 4.66. The molecule has 0 unspecified atom stereocenters. The van der Waals surface area contributed by atoms with Crippen molar-refractivity contribution >= 4 is 5.95 Å². The van der Waals surface area contributed by atoms with Gasteiger partial charge in [0.05, 0.1) is 0 Å². The van der Waals surface area contributed by atoms with Crippen LogP contribution in [0.1, 0.15) is 31.4 Å². The number of rotatable bonds is 4. The number of alkyl halides is 3. The van der Waals surface area contributed by atoms with Crippen LogP contribution in [0.25, 0.3) is 0 Å². The minimum Gasteiger partial charge on any atom is -0.351 e. The van der Waals surface area contributed by atoms with E-state index in [2.05, 4.69) is 15.3 Å². The number of anilines is 1. The first-order valence-corrected chi connectivity index (χ1v) is 6.33. The quantitative estimate of drug-likeness (QED) is 0.884. The van der Waals surface area contributed by atoms with Crippen LogP contribution in [0.2, 0.25) is 0 Å². The van der Waals surface area contributed by atoms with E-state index < -0.39 is 12.6 Å². The lowest BCUT2D eigenvalue weighted by Crippen LogP contribution is -2.22. The first-order valence-electron chi connectivity index (χ1n) is 6.33. The number of halogens is 3. The van der Waals surface area contributed by atoms with E-state index in [1.165, 1.54) is 12.3 Å². The molecule has 0 aliphatic heterocycles. The van der Waals surface area contributed by atoms with Gasteiger partial charge in [0.2, 0.25) is 5.95 Å². The second kappa shape index (κ2) is 5.73. The SMILES string of the molecule is N[C@H]1CC[C@H](Nc2nccc(CCC(F)(F)F)n2)C1. The van der Waals surface area contributed by atoms with Crippen molar-refractivity contribution in [2.45, 2.75) is 50.4 Å². The molecule has 3 N–H and O–H groups in total. The van der Waals surface area contributed by atoms with Crippen molar-refractivity contribution in [2.75, 3.05) is 5.32 Å². The van der Waals surface area contributed by atoms with Crippen molar-refractivity contribution in [3.63, 3.8) is 0 Å². The van der Waals surface area contributed by atoms with Gasteiger partial charge in [-0.1, -0.05) is 0 Å². The first kappa shape index (κ1) is 14.0. The monoisotopic (exact) mass is 274 g/mol. The Bertz CT molecular complexity index is 422. The summed E-state index contributed by atoms with van der Waals surface area (Å²) in [5.74, 6) is 0.388. The van der Waals surface area contributed by atoms with E-state index in [4.69, 9.17) is 5.73 Å². The Morgan fingerprint density at radius 1 is 1.37 bits per heavy atom. The highest BCUT2D eigenvalue weighted by atomic mass is 19.4. The average molecular weight is 274 g/mol. The molecule has 0 spiro atoms. The largest absolute Gasteiger partial charge is 0.389 e. The predicted octanol–water partition coefficient (Wildman–Crippen LogP) is 2.26. The minimum absolute atomic E-state index is 0.120. The maximum atomic E-state index is 12.1. The maximum Gasteiger partial charge on any atom is 0.389 e. The van der Waals surface area contributed by atoms with Crippen LogP contribution < -0.4 is 11.1 Å². The lowest BCUT2D eigenvalue weighted by Gasteiger charge is -2.13. The molecule has 1 fully saturated rings. The summed E-state index contributed by atoms with van der Waals surface area (Å²) in [6, 6.07) is 1.91. The summed E-state index contributed by atoms with van der Waals surface area (Å²) in [5, 5.41) is 3.13. The molecule has 0 saturated heterocycles. The lowest BCUT2D eigenvalue weighted by atomic mass is 10.2. The van der Waals surface area contributed by atoms with Crippen LogP contribution in [0.15, 0.2) is 12.3 Å². The van der Waals surface area contributed by atoms with Crippen LogP contribution in [0.5, 0.6) is 0 Å². The fraction of sp³-hybridized carbons (Fsp3) is 0.667. The summed E-state index contributed by atoms with van der Waals surface area (Å²) in [6.45, 7) is 0. The number of hydrogen-bond acceptors (Lipinski definition) is 4. The average Bonchev–Trinajstić information content (AvgIpc) is 2.72. The minimum atomic E-state index is -4.16. The van der Waals surface area contributed by atoms with Gasteiger partial charge in [-0.3, -0.25) is 0 Å². The van der Waals surface area contributed by atoms with Crippen LogP contribution >= 0.6 is 0 Å².